The molecule has 1 aliphatic rings. The minimum Gasteiger partial charge on any atom is -0.362 e. The van der Waals surface area contributed by atoms with Gasteiger partial charge in [-0.3, -0.25) is 9.69 Å². The molecule has 2 atom stereocenters. The van der Waals surface area contributed by atoms with E-state index in [0.29, 0.717) is 0 Å². The molecule has 25 heavy (non-hydrogen) atoms. The number of nitrogens with one attached hydrogen (secondary N) is 2. The van der Waals surface area contributed by atoms with Crippen LogP contribution in [0, 0.1) is 12.1 Å². The summed E-state index contributed by atoms with van der Waals surface area (Å²) in [6, 6.07) is 9.05. The average molecular weight is 371 g/mol. The Morgan fingerprint density at radius 1 is 1.44 bits per heavy atom. The number of hydrogen-bond acceptors (Lipinski definition) is 4. The van der Waals surface area contributed by atoms with Gasteiger partial charge in [0.1, 0.15) is 11.4 Å². The van der Waals surface area contributed by atoms with Gasteiger partial charge in [-0.05, 0) is 52.1 Å². The number of halogens is 3. The maximum atomic E-state index is 12.2. The molecule has 1 aliphatic heterocycles. The van der Waals surface area contributed by atoms with E-state index in [0.717, 1.165) is 10.6 Å². The highest BCUT2D eigenvalue weighted by Crippen LogP contribution is 2.36. The van der Waals surface area contributed by atoms with Crippen molar-refractivity contribution in [3.05, 3.63) is 36.0 Å². The second-order valence-electron chi connectivity index (χ2n) is 6.11. The van der Waals surface area contributed by atoms with Crippen molar-refractivity contribution < 1.29 is 18.0 Å². The first-order valence-corrected chi connectivity index (χ1v) is 8.49. The van der Waals surface area contributed by atoms with Crippen LogP contribution in [0.4, 0.5) is 18.9 Å². The van der Waals surface area contributed by atoms with Crippen molar-refractivity contribution >= 4 is 23.4 Å². The second kappa shape index (κ2) is 7.18. The molecule has 1 heterocycles. The van der Waals surface area contributed by atoms with Gasteiger partial charge < -0.3 is 10.6 Å². The van der Waals surface area contributed by atoms with Crippen LogP contribution in [0.5, 0.6) is 0 Å². The fourth-order valence-electron chi connectivity index (χ4n) is 2.55. The molecule has 0 aliphatic carbocycles. The number of hydrogen-bond donors (Lipinski definition) is 2. The smallest absolute Gasteiger partial charge is 0.362 e. The number of alkyl halides is 3. The van der Waals surface area contributed by atoms with Gasteiger partial charge in [-0.25, -0.2) is 0 Å². The summed E-state index contributed by atoms with van der Waals surface area (Å²) in [5.41, 5.74) is 1.23. The minimum absolute atomic E-state index is 0.165. The summed E-state index contributed by atoms with van der Waals surface area (Å²) in [5, 5.41) is 5.59. The highest BCUT2D eigenvalue weighted by atomic mass is 32.2. The van der Waals surface area contributed by atoms with Crippen LogP contribution in [0.15, 0.2) is 28.8 Å². The Balaban J connectivity index is 2.03. The van der Waals surface area contributed by atoms with Gasteiger partial charge in [0.05, 0.1) is 10.6 Å². The maximum Gasteiger partial charge on any atom is 0.397 e. The highest BCUT2D eigenvalue weighted by Gasteiger charge is 2.36. The lowest BCUT2D eigenvalue weighted by molar-refractivity contribution is -0.150. The van der Waals surface area contributed by atoms with Crippen molar-refractivity contribution in [2.24, 2.45) is 0 Å². The van der Waals surface area contributed by atoms with Gasteiger partial charge in [-0.15, -0.1) is 0 Å². The third-order valence-electron chi connectivity index (χ3n) is 3.87. The monoisotopic (exact) mass is 371 g/mol. The molecular formula is C17H20F3N3OS. The zero-order chi connectivity index (χ0) is 18.8. The number of nitrogens with zero attached hydrogens (tertiary/aromatic N) is 1. The van der Waals surface area contributed by atoms with Crippen LogP contribution in [0.25, 0.3) is 0 Å². The molecule has 0 bridgehead atoms. The van der Waals surface area contributed by atoms with E-state index in [1.54, 1.807) is 6.07 Å². The van der Waals surface area contributed by atoms with Crippen LogP contribution in [-0.4, -0.2) is 35.1 Å². The summed E-state index contributed by atoms with van der Waals surface area (Å²) in [4.78, 5) is 13.8. The van der Waals surface area contributed by atoms with Crippen molar-refractivity contribution in [1.29, 1.82) is 0 Å². The molecule has 0 saturated heterocycles. The maximum absolute atomic E-state index is 12.2. The van der Waals surface area contributed by atoms with Gasteiger partial charge in [-0.2, -0.15) is 13.2 Å². The van der Waals surface area contributed by atoms with Crippen molar-refractivity contribution in [2.45, 2.75) is 49.3 Å². The van der Waals surface area contributed by atoms with Gasteiger partial charge in [0.2, 0.25) is 5.91 Å². The van der Waals surface area contributed by atoms with E-state index >= 15 is 0 Å². The quantitative estimate of drug-likeness (QED) is 0.846. The SMILES string of the molecule is CC1=CC(C)N(C)C(C)(Sc2c#cc(NC(=O)CC(F)(F)F)cc2)N1. The van der Waals surface area contributed by atoms with Gasteiger partial charge in [0.25, 0.3) is 0 Å². The third kappa shape index (κ3) is 5.31. The fourth-order valence-corrected chi connectivity index (χ4v) is 3.74. The number of amides is 1. The summed E-state index contributed by atoms with van der Waals surface area (Å²) >= 11 is 1.51. The standard InChI is InChI=1S/C17H20F3N3OS/c1-11-9-12(2)23(4)16(3,22-11)25-14-7-5-13(6-8-14)21-15(24)10-17(18,19)20/h5,7,9,12,22H,10H2,1-4H3,(H,21,24). The zero-order valence-electron chi connectivity index (χ0n) is 14.4. The first-order chi connectivity index (χ1) is 11.5. The number of anilines is 1. The molecule has 1 amide bonds. The van der Waals surface area contributed by atoms with E-state index in [1.165, 1.54) is 17.8 Å². The molecule has 2 rings (SSSR count). The normalized spacial score (nSPS) is 24.1. The molecule has 1 aromatic rings. The molecule has 4 nitrogen and oxygen atoms in total. The van der Waals surface area contributed by atoms with Crippen molar-refractivity contribution in [3.63, 3.8) is 0 Å². The lowest BCUT2D eigenvalue weighted by atomic mass is 10.2. The highest BCUT2D eigenvalue weighted by molar-refractivity contribution is 8.00. The Kier molecular flexibility index (Phi) is 5.59. The molecule has 2 N–H and O–H groups in total. The Bertz CT molecular complexity index is 660. The molecule has 0 aromatic heterocycles. The van der Waals surface area contributed by atoms with Gasteiger partial charge >= 0.3 is 6.18 Å². The molecule has 136 valence electrons. The average Bonchev–Trinajstić information content (AvgIpc) is 2.44. The van der Waals surface area contributed by atoms with E-state index in [2.05, 4.69) is 40.7 Å². The fraction of sp³-hybridized carbons (Fsp3) is 0.471. The van der Waals surface area contributed by atoms with Crippen LogP contribution in [0.2, 0.25) is 0 Å². The van der Waals surface area contributed by atoms with Crippen molar-refractivity contribution in [2.75, 3.05) is 12.4 Å². The largest absolute Gasteiger partial charge is 0.397 e. The van der Waals surface area contributed by atoms with Crippen LogP contribution in [0.1, 0.15) is 27.2 Å². The van der Waals surface area contributed by atoms with Crippen LogP contribution >= 0.6 is 11.8 Å². The van der Waals surface area contributed by atoms with Gasteiger partial charge in [0.15, 0.2) is 0 Å². The summed E-state index contributed by atoms with van der Waals surface area (Å²) in [6.07, 6.45) is -3.93. The number of likely N-dealkylation sites (N-methyl/N-ethyl adjacent to an activating group) is 1. The number of allylic oxidation sites excluding steroid dienone is 1. The molecule has 0 spiro atoms. The lowest BCUT2D eigenvalue weighted by Crippen LogP contribution is -2.57. The van der Waals surface area contributed by atoms with Crippen molar-refractivity contribution in [3.8, 4) is 0 Å². The number of carbonyl (C=O) groups is 1. The molecular weight excluding hydrogens is 351 g/mol. The Morgan fingerprint density at radius 3 is 2.68 bits per heavy atom. The predicted octanol–water partition coefficient (Wildman–Crippen LogP) is 3.77. The molecule has 8 heteroatoms. The molecule has 0 radical (unpaired) electrons. The first kappa shape index (κ1) is 19.5. The Labute approximate surface area is 149 Å². The summed E-state index contributed by atoms with van der Waals surface area (Å²) in [6.45, 7) is 6.13. The lowest BCUT2D eigenvalue weighted by Gasteiger charge is -2.45. The molecule has 0 saturated carbocycles. The summed E-state index contributed by atoms with van der Waals surface area (Å²) in [7, 11) is 2.00. The van der Waals surface area contributed by atoms with Crippen LogP contribution < -0.4 is 10.6 Å². The number of rotatable bonds is 4. The molecule has 0 fully saturated rings. The number of thioether (sulfide) groups is 1. The van der Waals surface area contributed by atoms with E-state index in [1.807, 2.05) is 20.9 Å². The van der Waals surface area contributed by atoms with E-state index in [4.69, 9.17) is 0 Å². The summed E-state index contributed by atoms with van der Waals surface area (Å²) in [5.74, 6) is -1.12. The Hall–Kier alpha value is -1.85. The summed E-state index contributed by atoms with van der Waals surface area (Å²) < 4.78 is 36.5. The van der Waals surface area contributed by atoms with Gasteiger partial charge in [-0.1, -0.05) is 17.8 Å². The molecule has 1 aromatic carbocycles. The van der Waals surface area contributed by atoms with Crippen LogP contribution in [-0.2, 0) is 4.79 Å². The van der Waals surface area contributed by atoms with Crippen molar-refractivity contribution in [1.82, 2.24) is 10.2 Å². The zero-order valence-corrected chi connectivity index (χ0v) is 15.2. The first-order valence-electron chi connectivity index (χ1n) is 7.68. The van der Waals surface area contributed by atoms with E-state index in [9.17, 15) is 18.0 Å². The van der Waals surface area contributed by atoms with E-state index in [-0.39, 0.29) is 11.7 Å². The minimum atomic E-state index is -4.53. The Morgan fingerprint density at radius 2 is 2.12 bits per heavy atom. The number of carbonyl (C=O) groups excluding carboxylic acids is 1. The topological polar surface area (TPSA) is 44.4 Å². The third-order valence-corrected chi connectivity index (χ3v) is 5.12. The predicted molar refractivity (Wildman–Crippen MR) is 91.8 cm³/mol. The van der Waals surface area contributed by atoms with E-state index < -0.39 is 23.5 Å². The molecule has 2 unspecified atom stereocenters. The van der Waals surface area contributed by atoms with Crippen LogP contribution in [0.3, 0.4) is 0 Å². The van der Waals surface area contributed by atoms with Gasteiger partial charge in [0, 0.05) is 11.7 Å². The second-order valence-corrected chi connectivity index (χ2v) is 7.55.